The molecule has 3 heterocycles. The summed E-state index contributed by atoms with van der Waals surface area (Å²) in [5.41, 5.74) is 2.26. The van der Waals surface area contributed by atoms with Crippen LogP contribution in [0.1, 0.15) is 39.2 Å². The Kier molecular flexibility index (Phi) is 8.67. The van der Waals surface area contributed by atoms with Crippen molar-refractivity contribution in [2.75, 3.05) is 48.6 Å². The zero-order valence-corrected chi connectivity index (χ0v) is 23.5. The summed E-state index contributed by atoms with van der Waals surface area (Å²) >= 11 is 6.59. The molecule has 0 bridgehead atoms. The van der Waals surface area contributed by atoms with Gasteiger partial charge in [0.15, 0.2) is 5.82 Å². The first kappa shape index (κ1) is 27.7. The lowest BCUT2D eigenvalue weighted by atomic mass is 10.1. The standard InChI is InChI=1S/C25H37ClN6O4S/c1-18(2)36-21-7-10-29(11-8-21)23-15-20(5-6-22(23)26)17-30-13-14-31(16-19(30)3)25(33)32-12-9-24(27-32)28-37(4,34)35/h5-6,9,12,15,18-19,21H,7-8,10-11,13-14,16-17H2,1-4H3,(H,27,28). The lowest BCUT2D eigenvalue weighted by Gasteiger charge is -2.40. The van der Waals surface area contributed by atoms with Gasteiger partial charge in [0.05, 0.1) is 29.2 Å². The van der Waals surface area contributed by atoms with E-state index in [1.807, 2.05) is 6.07 Å². The third kappa shape index (κ3) is 7.37. The number of piperazine rings is 1. The highest BCUT2D eigenvalue weighted by Crippen LogP contribution is 2.31. The van der Waals surface area contributed by atoms with Crippen LogP contribution in [-0.4, -0.2) is 91.3 Å². The van der Waals surface area contributed by atoms with Crippen molar-refractivity contribution in [2.24, 2.45) is 0 Å². The van der Waals surface area contributed by atoms with Crippen molar-refractivity contribution in [1.82, 2.24) is 19.6 Å². The van der Waals surface area contributed by atoms with Gasteiger partial charge in [-0.15, -0.1) is 5.10 Å². The Balaban J connectivity index is 1.34. The minimum Gasteiger partial charge on any atom is -0.375 e. The number of piperidine rings is 1. The van der Waals surface area contributed by atoms with Crippen molar-refractivity contribution in [1.29, 1.82) is 0 Å². The van der Waals surface area contributed by atoms with Crippen LogP contribution < -0.4 is 9.62 Å². The molecule has 1 N–H and O–H groups in total. The lowest BCUT2D eigenvalue weighted by Crippen LogP contribution is -2.54. The van der Waals surface area contributed by atoms with Crippen LogP contribution in [0.4, 0.5) is 16.3 Å². The van der Waals surface area contributed by atoms with Gasteiger partial charge in [-0.05, 0) is 51.3 Å². The van der Waals surface area contributed by atoms with Crippen LogP contribution >= 0.6 is 11.6 Å². The van der Waals surface area contributed by atoms with Gasteiger partial charge in [0.2, 0.25) is 10.0 Å². The van der Waals surface area contributed by atoms with Gasteiger partial charge < -0.3 is 14.5 Å². The van der Waals surface area contributed by atoms with Crippen molar-refractivity contribution in [2.45, 2.75) is 58.4 Å². The highest BCUT2D eigenvalue weighted by molar-refractivity contribution is 7.92. The van der Waals surface area contributed by atoms with Crippen molar-refractivity contribution in [3.63, 3.8) is 0 Å². The Hall–Kier alpha value is -2.34. The summed E-state index contributed by atoms with van der Waals surface area (Å²) in [7, 11) is -3.45. The molecule has 2 aliphatic heterocycles. The van der Waals surface area contributed by atoms with E-state index in [1.165, 1.54) is 22.5 Å². The number of aromatic nitrogens is 2. The molecule has 0 spiro atoms. The molecule has 2 saturated heterocycles. The number of anilines is 2. The highest BCUT2D eigenvalue weighted by Gasteiger charge is 2.29. The molecule has 0 aliphatic carbocycles. The fourth-order valence-electron chi connectivity index (χ4n) is 4.97. The number of hydrogen-bond donors (Lipinski definition) is 1. The van der Waals surface area contributed by atoms with Crippen molar-refractivity contribution >= 4 is 39.2 Å². The van der Waals surface area contributed by atoms with Gasteiger partial charge in [0.25, 0.3) is 0 Å². The average Bonchev–Trinajstić information content (AvgIpc) is 3.28. The summed E-state index contributed by atoms with van der Waals surface area (Å²) in [5.74, 6) is 0.123. The van der Waals surface area contributed by atoms with Crippen LogP contribution in [0.5, 0.6) is 0 Å². The number of halogens is 1. The summed E-state index contributed by atoms with van der Waals surface area (Å²) < 4.78 is 32.3. The zero-order chi connectivity index (χ0) is 26.7. The molecular formula is C25H37ClN6O4S. The number of carbonyl (C=O) groups is 1. The minimum atomic E-state index is -3.45. The molecule has 204 valence electrons. The smallest absolute Gasteiger partial charge is 0.344 e. The third-order valence-corrected chi connectivity index (χ3v) is 7.65. The van der Waals surface area contributed by atoms with Crippen LogP contribution in [0.2, 0.25) is 5.02 Å². The second-order valence-electron chi connectivity index (χ2n) is 10.2. The fraction of sp³-hybridized carbons (Fsp3) is 0.600. The SMILES string of the molecule is CC(C)OC1CCN(c2cc(CN3CCN(C(=O)n4ccc(NS(C)(=O)=O)n4)CC3C)ccc2Cl)CC1. The van der Waals surface area contributed by atoms with Gasteiger partial charge in [-0.2, -0.15) is 4.68 Å². The number of ether oxygens (including phenoxy) is 1. The normalized spacial score (nSPS) is 20.0. The van der Waals surface area contributed by atoms with Crippen LogP contribution in [-0.2, 0) is 21.3 Å². The molecule has 10 nitrogen and oxygen atoms in total. The van der Waals surface area contributed by atoms with E-state index in [0.29, 0.717) is 19.2 Å². The number of benzene rings is 1. The highest BCUT2D eigenvalue weighted by atomic mass is 35.5. The third-order valence-electron chi connectivity index (χ3n) is 6.75. The van der Waals surface area contributed by atoms with E-state index in [-0.39, 0.29) is 24.0 Å². The number of rotatable bonds is 7. The van der Waals surface area contributed by atoms with Crippen LogP contribution in [0, 0.1) is 0 Å². The average molecular weight is 553 g/mol. The molecule has 0 saturated carbocycles. The first-order valence-corrected chi connectivity index (χ1v) is 15.0. The van der Waals surface area contributed by atoms with Crippen LogP contribution in [0.3, 0.4) is 0 Å². The van der Waals surface area contributed by atoms with E-state index < -0.39 is 10.0 Å². The van der Waals surface area contributed by atoms with Gasteiger partial charge in [-0.1, -0.05) is 17.7 Å². The topological polar surface area (TPSA) is 100 Å². The first-order valence-electron chi connectivity index (χ1n) is 12.7. The zero-order valence-electron chi connectivity index (χ0n) is 21.9. The molecule has 4 rings (SSSR count). The molecule has 12 heteroatoms. The summed E-state index contributed by atoms with van der Waals surface area (Å²) in [6, 6.07) is 7.58. The molecule has 37 heavy (non-hydrogen) atoms. The van der Waals surface area contributed by atoms with Gasteiger partial charge in [-0.3, -0.25) is 9.62 Å². The number of nitrogens with one attached hydrogen (secondary N) is 1. The van der Waals surface area contributed by atoms with Crippen molar-refractivity contribution in [3.8, 4) is 0 Å². The quantitative estimate of drug-likeness (QED) is 0.561. The lowest BCUT2D eigenvalue weighted by molar-refractivity contribution is -0.00478. The fourth-order valence-corrected chi connectivity index (χ4v) is 5.70. The predicted molar refractivity (Wildman–Crippen MR) is 146 cm³/mol. The molecule has 0 radical (unpaired) electrons. The van der Waals surface area contributed by atoms with Gasteiger partial charge in [0, 0.05) is 57.6 Å². The Morgan fingerprint density at radius 1 is 1.19 bits per heavy atom. The molecule has 1 unspecified atom stereocenters. The summed E-state index contributed by atoms with van der Waals surface area (Å²) in [4.78, 5) is 19.4. The van der Waals surface area contributed by atoms with E-state index in [4.69, 9.17) is 16.3 Å². The molecular weight excluding hydrogens is 516 g/mol. The maximum absolute atomic E-state index is 12.9. The molecule has 1 aromatic carbocycles. The summed E-state index contributed by atoms with van der Waals surface area (Å²) in [5, 5.41) is 4.82. The van der Waals surface area contributed by atoms with Crippen LogP contribution in [0.15, 0.2) is 30.5 Å². The Morgan fingerprint density at radius 2 is 1.92 bits per heavy atom. The number of sulfonamides is 1. The molecule has 2 aromatic rings. The number of amides is 1. The largest absolute Gasteiger partial charge is 0.375 e. The molecule has 1 amide bonds. The predicted octanol–water partition coefficient (Wildman–Crippen LogP) is 3.48. The van der Waals surface area contributed by atoms with E-state index >= 15 is 0 Å². The van der Waals surface area contributed by atoms with Crippen molar-refractivity contribution < 1.29 is 17.9 Å². The Labute approximate surface area is 224 Å². The molecule has 1 aromatic heterocycles. The van der Waals surface area contributed by atoms with Gasteiger partial charge in [-0.25, -0.2) is 13.2 Å². The molecule has 2 aliphatic rings. The van der Waals surface area contributed by atoms with E-state index in [9.17, 15) is 13.2 Å². The van der Waals surface area contributed by atoms with E-state index in [0.717, 1.165) is 56.0 Å². The van der Waals surface area contributed by atoms with E-state index in [1.54, 1.807) is 4.90 Å². The van der Waals surface area contributed by atoms with Crippen LogP contribution in [0.25, 0.3) is 0 Å². The maximum atomic E-state index is 12.9. The Morgan fingerprint density at radius 3 is 2.57 bits per heavy atom. The first-order chi connectivity index (χ1) is 17.5. The van der Waals surface area contributed by atoms with Gasteiger partial charge in [0.1, 0.15) is 0 Å². The monoisotopic (exact) mass is 552 g/mol. The number of hydrogen-bond acceptors (Lipinski definition) is 7. The van der Waals surface area contributed by atoms with Gasteiger partial charge >= 0.3 is 6.03 Å². The summed E-state index contributed by atoms with van der Waals surface area (Å²) in [6.45, 7) is 10.7. The van der Waals surface area contributed by atoms with Crippen molar-refractivity contribution in [3.05, 3.63) is 41.0 Å². The minimum absolute atomic E-state index is 0.123. The number of carbonyl (C=O) groups excluding carboxylic acids is 1. The maximum Gasteiger partial charge on any atom is 0.344 e. The second kappa shape index (κ2) is 11.6. The Bertz CT molecular complexity index is 1200. The number of nitrogens with zero attached hydrogens (tertiary/aromatic N) is 5. The molecule has 1 atom stereocenters. The second-order valence-corrected chi connectivity index (χ2v) is 12.4. The molecule has 2 fully saturated rings. The summed E-state index contributed by atoms with van der Waals surface area (Å²) in [6.07, 6.45) is 5.06. The van der Waals surface area contributed by atoms with E-state index in [2.05, 4.69) is 52.5 Å².